The van der Waals surface area contributed by atoms with Gasteiger partial charge in [-0.1, -0.05) is 24.3 Å². The van der Waals surface area contributed by atoms with Gasteiger partial charge in [-0.2, -0.15) is 0 Å². The Morgan fingerprint density at radius 2 is 0.964 bits per heavy atom. The maximum Gasteiger partial charge on any atom is 0.240 e. The summed E-state index contributed by atoms with van der Waals surface area (Å²) < 4.78 is 53.2. The Morgan fingerprint density at radius 1 is 0.679 bits per heavy atom. The number of aliphatic hydroxyl groups is 2. The molecule has 154 valence electrons. The molecule has 0 aliphatic heterocycles. The molecule has 0 unspecified atom stereocenters. The lowest BCUT2D eigenvalue weighted by Crippen LogP contribution is -2.30. The predicted octanol–water partition coefficient (Wildman–Crippen LogP) is 0.672. The molecule has 2 aromatic carbocycles. The molecular weight excluding hydrogens is 404 g/mol. The topological polar surface area (TPSA) is 133 Å². The minimum atomic E-state index is -3.71. The first-order chi connectivity index (χ1) is 13.0. The van der Waals surface area contributed by atoms with Crippen molar-refractivity contribution in [2.75, 3.05) is 13.1 Å². The summed E-state index contributed by atoms with van der Waals surface area (Å²) in [5, 5.41) is 18.4. The highest BCUT2D eigenvalue weighted by Crippen LogP contribution is 2.23. The smallest absolute Gasteiger partial charge is 0.240 e. The summed E-state index contributed by atoms with van der Waals surface area (Å²) >= 11 is 0. The average Bonchev–Trinajstić information content (AvgIpc) is 2.65. The van der Waals surface area contributed by atoms with Gasteiger partial charge in [0.05, 0.1) is 22.0 Å². The van der Waals surface area contributed by atoms with Crippen molar-refractivity contribution in [3.8, 4) is 11.1 Å². The first kappa shape index (κ1) is 22.5. The van der Waals surface area contributed by atoms with Crippen LogP contribution in [0.25, 0.3) is 11.1 Å². The van der Waals surface area contributed by atoms with Crippen LogP contribution in [0.15, 0.2) is 58.3 Å². The number of hydrogen-bond acceptors (Lipinski definition) is 6. The number of hydrogen-bond donors (Lipinski definition) is 4. The lowest BCUT2D eigenvalue weighted by molar-refractivity contribution is 0.198. The molecule has 10 heteroatoms. The molecule has 0 amide bonds. The Kier molecular flexibility index (Phi) is 7.32. The summed E-state index contributed by atoms with van der Waals surface area (Å²) in [4.78, 5) is 0.136. The Morgan fingerprint density at radius 3 is 1.21 bits per heavy atom. The van der Waals surface area contributed by atoms with E-state index in [1.807, 2.05) is 0 Å². The minimum absolute atomic E-state index is 0.0680. The molecular formula is C18H24N2O6S2. The summed E-state index contributed by atoms with van der Waals surface area (Å²) in [7, 11) is -7.42. The number of sulfonamides is 2. The minimum Gasteiger partial charge on any atom is -0.392 e. The standard InChI is InChI=1S/C18H24N2O6S2/c1-13(21)11-19-27(23,24)17-7-3-15(4-8-17)16-5-9-18(10-6-16)28(25,26)20-12-14(2)22/h3-10,13-14,19-22H,11-12H2,1-2H3/t13-,14-/m0/s1. The van der Waals surface area contributed by atoms with Gasteiger partial charge < -0.3 is 10.2 Å². The van der Waals surface area contributed by atoms with Crippen molar-refractivity contribution in [3.63, 3.8) is 0 Å². The van der Waals surface area contributed by atoms with E-state index in [1.54, 1.807) is 24.3 Å². The van der Waals surface area contributed by atoms with Gasteiger partial charge >= 0.3 is 0 Å². The molecule has 0 spiro atoms. The normalized spacial score (nSPS) is 14.6. The molecule has 0 aliphatic carbocycles. The summed E-state index contributed by atoms with van der Waals surface area (Å²) in [6, 6.07) is 12.2. The predicted molar refractivity (Wildman–Crippen MR) is 106 cm³/mol. The molecule has 2 atom stereocenters. The van der Waals surface area contributed by atoms with E-state index in [0.29, 0.717) is 0 Å². The third kappa shape index (κ3) is 6.09. The Bertz CT molecular complexity index is 900. The Balaban J connectivity index is 2.16. The van der Waals surface area contributed by atoms with Crippen LogP contribution in [0, 0.1) is 0 Å². The maximum atomic E-state index is 12.1. The van der Waals surface area contributed by atoms with E-state index in [1.165, 1.54) is 38.1 Å². The fraction of sp³-hybridized carbons (Fsp3) is 0.333. The third-order valence-electron chi connectivity index (χ3n) is 3.80. The van der Waals surface area contributed by atoms with Crippen molar-refractivity contribution in [1.29, 1.82) is 0 Å². The van der Waals surface area contributed by atoms with Gasteiger partial charge in [-0.25, -0.2) is 26.3 Å². The van der Waals surface area contributed by atoms with Crippen LogP contribution in [0.5, 0.6) is 0 Å². The first-order valence-corrected chi connectivity index (χ1v) is 11.5. The SMILES string of the molecule is C[C@H](O)CNS(=O)(=O)c1ccc(-c2ccc(S(=O)(=O)NC[C@H](C)O)cc2)cc1. The van der Waals surface area contributed by atoms with Crippen molar-refractivity contribution in [2.45, 2.75) is 35.8 Å². The lowest BCUT2D eigenvalue weighted by atomic mass is 10.1. The second-order valence-electron chi connectivity index (χ2n) is 6.45. The monoisotopic (exact) mass is 428 g/mol. The molecule has 0 saturated carbocycles. The van der Waals surface area contributed by atoms with E-state index in [2.05, 4.69) is 9.44 Å². The van der Waals surface area contributed by atoms with E-state index in [9.17, 15) is 27.0 Å². The van der Waals surface area contributed by atoms with E-state index in [0.717, 1.165) is 11.1 Å². The summed E-state index contributed by atoms with van der Waals surface area (Å²) in [5.74, 6) is 0. The largest absolute Gasteiger partial charge is 0.392 e. The van der Waals surface area contributed by atoms with Gasteiger partial charge in [0, 0.05) is 13.1 Å². The van der Waals surface area contributed by atoms with Crippen LogP contribution in [-0.2, 0) is 20.0 Å². The van der Waals surface area contributed by atoms with Crippen LogP contribution >= 0.6 is 0 Å². The molecule has 0 aromatic heterocycles. The van der Waals surface area contributed by atoms with Gasteiger partial charge in [-0.3, -0.25) is 0 Å². The molecule has 0 heterocycles. The quantitative estimate of drug-likeness (QED) is 0.464. The Labute approximate surface area is 165 Å². The highest BCUT2D eigenvalue weighted by atomic mass is 32.2. The summed E-state index contributed by atoms with van der Waals surface area (Å²) in [6.07, 6.45) is -1.59. The summed E-state index contributed by atoms with van der Waals surface area (Å²) in [6.45, 7) is 2.80. The zero-order chi connectivity index (χ0) is 20.9. The number of rotatable bonds is 9. The highest BCUT2D eigenvalue weighted by molar-refractivity contribution is 7.89. The third-order valence-corrected chi connectivity index (χ3v) is 6.68. The maximum absolute atomic E-state index is 12.1. The number of aliphatic hydroxyl groups excluding tert-OH is 2. The molecule has 0 bridgehead atoms. The van der Waals surface area contributed by atoms with Crippen molar-refractivity contribution in [3.05, 3.63) is 48.5 Å². The Hall–Kier alpha value is -1.82. The molecule has 8 nitrogen and oxygen atoms in total. The summed E-state index contributed by atoms with van der Waals surface area (Å²) in [5.41, 5.74) is 1.44. The molecule has 0 radical (unpaired) electrons. The van der Waals surface area contributed by atoms with Crippen LogP contribution in [0.2, 0.25) is 0 Å². The van der Waals surface area contributed by atoms with E-state index in [4.69, 9.17) is 0 Å². The second-order valence-corrected chi connectivity index (χ2v) is 9.98. The zero-order valence-electron chi connectivity index (χ0n) is 15.5. The van der Waals surface area contributed by atoms with E-state index >= 15 is 0 Å². The first-order valence-electron chi connectivity index (χ1n) is 8.57. The van der Waals surface area contributed by atoms with Crippen LogP contribution in [0.1, 0.15) is 13.8 Å². The highest BCUT2D eigenvalue weighted by Gasteiger charge is 2.16. The average molecular weight is 429 g/mol. The fourth-order valence-electron chi connectivity index (χ4n) is 2.28. The van der Waals surface area contributed by atoms with E-state index in [-0.39, 0.29) is 22.9 Å². The molecule has 2 aromatic rings. The van der Waals surface area contributed by atoms with Crippen LogP contribution < -0.4 is 9.44 Å². The van der Waals surface area contributed by atoms with Gasteiger partial charge in [0.1, 0.15) is 0 Å². The van der Waals surface area contributed by atoms with Gasteiger partial charge in [0.2, 0.25) is 20.0 Å². The van der Waals surface area contributed by atoms with Gasteiger partial charge in [-0.05, 0) is 49.2 Å². The number of nitrogens with one attached hydrogen (secondary N) is 2. The van der Waals surface area contributed by atoms with Crippen molar-refractivity contribution in [1.82, 2.24) is 9.44 Å². The van der Waals surface area contributed by atoms with Gasteiger partial charge in [0.25, 0.3) is 0 Å². The molecule has 4 N–H and O–H groups in total. The molecule has 0 fully saturated rings. The zero-order valence-corrected chi connectivity index (χ0v) is 17.2. The fourth-order valence-corrected chi connectivity index (χ4v) is 4.52. The van der Waals surface area contributed by atoms with Crippen molar-refractivity contribution in [2.24, 2.45) is 0 Å². The van der Waals surface area contributed by atoms with Crippen LogP contribution in [0.4, 0.5) is 0 Å². The molecule has 2 rings (SSSR count). The number of benzene rings is 2. The van der Waals surface area contributed by atoms with Crippen molar-refractivity contribution < 1.29 is 27.0 Å². The van der Waals surface area contributed by atoms with Gasteiger partial charge in [-0.15, -0.1) is 0 Å². The lowest BCUT2D eigenvalue weighted by Gasteiger charge is -2.10. The van der Waals surface area contributed by atoms with Crippen molar-refractivity contribution >= 4 is 20.0 Å². The van der Waals surface area contributed by atoms with E-state index < -0.39 is 32.3 Å². The molecule has 0 aliphatic rings. The van der Waals surface area contributed by atoms with Gasteiger partial charge in [0.15, 0.2) is 0 Å². The second kappa shape index (κ2) is 9.12. The van der Waals surface area contributed by atoms with Crippen LogP contribution in [0.3, 0.4) is 0 Å². The molecule has 0 saturated heterocycles. The van der Waals surface area contributed by atoms with Crippen LogP contribution in [-0.4, -0.2) is 52.3 Å². The molecule has 28 heavy (non-hydrogen) atoms.